The standard InChI is InChI=1S/C14H28N4O2/c1-3-19-9-7-17(8-10-20-4-2)11-14-12-18(6-5-15)13-16-14/h12-13H,3-11,15H2,1-2H3. The third-order valence-electron chi connectivity index (χ3n) is 2.97. The van der Waals surface area contributed by atoms with Crippen LogP contribution in [0.3, 0.4) is 0 Å². The van der Waals surface area contributed by atoms with E-state index >= 15 is 0 Å². The quantitative estimate of drug-likeness (QED) is 0.573. The van der Waals surface area contributed by atoms with Gasteiger partial charge in [0.1, 0.15) is 0 Å². The predicted octanol–water partition coefficient (Wildman–Crippen LogP) is 0.717. The predicted molar refractivity (Wildman–Crippen MR) is 79.5 cm³/mol. The Morgan fingerprint density at radius 2 is 1.85 bits per heavy atom. The van der Waals surface area contributed by atoms with Crippen LogP contribution in [-0.4, -0.2) is 60.5 Å². The van der Waals surface area contributed by atoms with Crippen molar-refractivity contribution in [2.45, 2.75) is 26.9 Å². The van der Waals surface area contributed by atoms with E-state index in [1.54, 1.807) is 0 Å². The summed E-state index contributed by atoms with van der Waals surface area (Å²) in [6.07, 6.45) is 3.90. The summed E-state index contributed by atoms with van der Waals surface area (Å²) in [6.45, 7) is 11.1. The van der Waals surface area contributed by atoms with Gasteiger partial charge in [0.15, 0.2) is 0 Å². The van der Waals surface area contributed by atoms with E-state index < -0.39 is 0 Å². The molecule has 6 heteroatoms. The average molecular weight is 284 g/mol. The maximum absolute atomic E-state index is 5.54. The van der Waals surface area contributed by atoms with E-state index in [9.17, 15) is 0 Å². The van der Waals surface area contributed by atoms with Crippen LogP contribution >= 0.6 is 0 Å². The molecule has 0 radical (unpaired) electrons. The van der Waals surface area contributed by atoms with Crippen molar-refractivity contribution in [1.29, 1.82) is 0 Å². The highest BCUT2D eigenvalue weighted by molar-refractivity contribution is 4.96. The first kappa shape index (κ1) is 17.1. The maximum Gasteiger partial charge on any atom is 0.0950 e. The third-order valence-corrected chi connectivity index (χ3v) is 2.97. The fourth-order valence-corrected chi connectivity index (χ4v) is 1.93. The van der Waals surface area contributed by atoms with Crippen LogP contribution in [0.15, 0.2) is 12.5 Å². The van der Waals surface area contributed by atoms with Crippen LogP contribution < -0.4 is 5.73 Å². The zero-order valence-corrected chi connectivity index (χ0v) is 12.8. The minimum absolute atomic E-state index is 0.633. The number of nitrogens with zero attached hydrogens (tertiary/aromatic N) is 3. The van der Waals surface area contributed by atoms with Crippen molar-refractivity contribution in [2.75, 3.05) is 46.1 Å². The Morgan fingerprint density at radius 3 is 2.40 bits per heavy atom. The second-order valence-electron chi connectivity index (χ2n) is 4.56. The smallest absolute Gasteiger partial charge is 0.0950 e. The molecule has 0 saturated carbocycles. The van der Waals surface area contributed by atoms with E-state index in [0.717, 1.165) is 58.3 Å². The second kappa shape index (κ2) is 10.8. The first-order valence-electron chi connectivity index (χ1n) is 7.38. The van der Waals surface area contributed by atoms with Gasteiger partial charge >= 0.3 is 0 Å². The highest BCUT2D eigenvalue weighted by Crippen LogP contribution is 2.02. The summed E-state index contributed by atoms with van der Waals surface area (Å²) in [6, 6.07) is 0. The molecule has 0 saturated heterocycles. The summed E-state index contributed by atoms with van der Waals surface area (Å²) >= 11 is 0. The molecule has 0 spiro atoms. The molecule has 1 heterocycles. The van der Waals surface area contributed by atoms with Crippen molar-refractivity contribution in [3.63, 3.8) is 0 Å². The summed E-state index contributed by atoms with van der Waals surface area (Å²) in [4.78, 5) is 6.72. The monoisotopic (exact) mass is 284 g/mol. The molecule has 0 fully saturated rings. The molecular formula is C14H28N4O2. The molecule has 116 valence electrons. The average Bonchev–Trinajstić information content (AvgIpc) is 2.87. The zero-order valence-electron chi connectivity index (χ0n) is 12.8. The van der Waals surface area contributed by atoms with Gasteiger partial charge < -0.3 is 19.8 Å². The molecule has 0 amide bonds. The lowest BCUT2D eigenvalue weighted by molar-refractivity contribution is 0.0793. The van der Waals surface area contributed by atoms with Gasteiger partial charge in [-0.2, -0.15) is 0 Å². The van der Waals surface area contributed by atoms with Crippen molar-refractivity contribution in [3.05, 3.63) is 18.2 Å². The van der Waals surface area contributed by atoms with Gasteiger partial charge in [-0.25, -0.2) is 4.98 Å². The van der Waals surface area contributed by atoms with Crippen molar-refractivity contribution >= 4 is 0 Å². The topological polar surface area (TPSA) is 65.5 Å². The normalized spacial score (nSPS) is 11.4. The Hall–Kier alpha value is -0.950. The molecule has 1 aromatic rings. The van der Waals surface area contributed by atoms with Gasteiger partial charge in [-0.1, -0.05) is 0 Å². The molecule has 0 aromatic carbocycles. The van der Waals surface area contributed by atoms with Crippen molar-refractivity contribution in [3.8, 4) is 0 Å². The van der Waals surface area contributed by atoms with E-state index in [4.69, 9.17) is 15.2 Å². The van der Waals surface area contributed by atoms with Crippen LogP contribution in [0.1, 0.15) is 19.5 Å². The fourth-order valence-electron chi connectivity index (χ4n) is 1.93. The number of imidazole rings is 1. The van der Waals surface area contributed by atoms with Crippen LogP contribution in [0.4, 0.5) is 0 Å². The van der Waals surface area contributed by atoms with Gasteiger partial charge in [-0.15, -0.1) is 0 Å². The largest absolute Gasteiger partial charge is 0.380 e. The van der Waals surface area contributed by atoms with Gasteiger partial charge in [-0.3, -0.25) is 4.90 Å². The molecule has 1 aromatic heterocycles. The van der Waals surface area contributed by atoms with Gasteiger partial charge in [0, 0.05) is 52.1 Å². The minimum Gasteiger partial charge on any atom is -0.380 e. The number of hydrogen-bond donors (Lipinski definition) is 1. The van der Waals surface area contributed by atoms with Gasteiger partial charge in [-0.05, 0) is 13.8 Å². The highest BCUT2D eigenvalue weighted by Gasteiger charge is 2.08. The number of ether oxygens (including phenoxy) is 2. The lowest BCUT2D eigenvalue weighted by Crippen LogP contribution is -2.31. The summed E-state index contributed by atoms with van der Waals surface area (Å²) in [5.74, 6) is 0. The Morgan fingerprint density at radius 1 is 1.20 bits per heavy atom. The minimum atomic E-state index is 0.633. The molecular weight excluding hydrogens is 256 g/mol. The number of nitrogens with two attached hydrogens (primary N) is 1. The van der Waals surface area contributed by atoms with E-state index in [0.29, 0.717) is 6.54 Å². The Bertz CT molecular complexity index is 334. The lowest BCUT2D eigenvalue weighted by Gasteiger charge is -2.21. The molecule has 0 atom stereocenters. The molecule has 0 unspecified atom stereocenters. The fraction of sp³-hybridized carbons (Fsp3) is 0.786. The van der Waals surface area contributed by atoms with Crippen LogP contribution in [0.2, 0.25) is 0 Å². The van der Waals surface area contributed by atoms with E-state index in [2.05, 4.69) is 16.1 Å². The van der Waals surface area contributed by atoms with E-state index in [1.165, 1.54) is 0 Å². The third kappa shape index (κ3) is 7.00. The number of rotatable bonds is 12. The van der Waals surface area contributed by atoms with Crippen molar-refractivity contribution in [2.24, 2.45) is 5.73 Å². The molecule has 20 heavy (non-hydrogen) atoms. The zero-order chi connectivity index (χ0) is 14.6. The SMILES string of the molecule is CCOCCN(CCOCC)Cc1cn(CCN)cn1. The van der Waals surface area contributed by atoms with E-state index in [-0.39, 0.29) is 0 Å². The molecule has 0 aliphatic rings. The van der Waals surface area contributed by atoms with Crippen LogP contribution in [0.5, 0.6) is 0 Å². The first-order valence-corrected chi connectivity index (χ1v) is 7.38. The Kier molecular flexibility index (Phi) is 9.23. The molecule has 0 aliphatic carbocycles. The van der Waals surface area contributed by atoms with E-state index in [1.807, 2.05) is 24.7 Å². The number of hydrogen-bond acceptors (Lipinski definition) is 5. The van der Waals surface area contributed by atoms with Gasteiger partial charge in [0.2, 0.25) is 0 Å². The Labute approximate surface area is 121 Å². The lowest BCUT2D eigenvalue weighted by atomic mass is 10.4. The van der Waals surface area contributed by atoms with Crippen LogP contribution in [0, 0.1) is 0 Å². The molecule has 0 aliphatic heterocycles. The van der Waals surface area contributed by atoms with Gasteiger partial charge in [0.05, 0.1) is 25.2 Å². The molecule has 6 nitrogen and oxygen atoms in total. The summed E-state index contributed by atoms with van der Waals surface area (Å²) < 4.78 is 12.9. The second-order valence-corrected chi connectivity index (χ2v) is 4.56. The number of aromatic nitrogens is 2. The van der Waals surface area contributed by atoms with Crippen LogP contribution in [0.25, 0.3) is 0 Å². The molecule has 0 bridgehead atoms. The maximum atomic E-state index is 5.54. The molecule has 1 rings (SSSR count). The van der Waals surface area contributed by atoms with Crippen molar-refractivity contribution in [1.82, 2.24) is 14.5 Å². The summed E-state index contributed by atoms with van der Waals surface area (Å²) in [5.41, 5.74) is 6.60. The summed E-state index contributed by atoms with van der Waals surface area (Å²) in [5, 5.41) is 0. The Balaban J connectivity index is 2.43. The first-order chi connectivity index (χ1) is 9.80. The molecule has 2 N–H and O–H groups in total. The highest BCUT2D eigenvalue weighted by atomic mass is 16.5. The summed E-state index contributed by atoms with van der Waals surface area (Å²) in [7, 11) is 0. The van der Waals surface area contributed by atoms with Crippen molar-refractivity contribution < 1.29 is 9.47 Å². The van der Waals surface area contributed by atoms with Gasteiger partial charge in [0.25, 0.3) is 0 Å². The van der Waals surface area contributed by atoms with Crippen LogP contribution in [-0.2, 0) is 22.6 Å².